The van der Waals surface area contributed by atoms with Crippen LogP contribution in [0, 0.1) is 0 Å². The van der Waals surface area contributed by atoms with E-state index in [0.29, 0.717) is 6.29 Å². The van der Waals surface area contributed by atoms with E-state index in [1.54, 1.807) is 0 Å². The number of aliphatic hydroxyl groups is 1. The van der Waals surface area contributed by atoms with Crippen LogP contribution in [0.2, 0.25) is 0 Å². The molecule has 0 aliphatic rings. The molecule has 0 aromatic heterocycles. The van der Waals surface area contributed by atoms with Crippen molar-refractivity contribution < 1.29 is 9.90 Å². The van der Waals surface area contributed by atoms with Crippen LogP contribution in [0.3, 0.4) is 0 Å². The maximum Gasteiger partial charge on any atom is 0.127 e. The number of carbonyl (C=O) groups excluding carboxylic acids is 1. The van der Waals surface area contributed by atoms with Crippen LogP contribution in [0.1, 0.15) is 33.1 Å². The van der Waals surface area contributed by atoms with Crippen LogP contribution in [0.5, 0.6) is 0 Å². The first-order valence-electron chi connectivity index (χ1n) is 6.09. The van der Waals surface area contributed by atoms with Gasteiger partial charge >= 0.3 is 0 Å². The van der Waals surface area contributed by atoms with Gasteiger partial charge in [0.1, 0.15) is 12.0 Å². The third kappa shape index (κ3) is 8.51. The van der Waals surface area contributed by atoms with E-state index in [0.717, 1.165) is 31.6 Å². The maximum atomic E-state index is 10.2. The van der Waals surface area contributed by atoms with Crippen molar-refractivity contribution in [3.63, 3.8) is 0 Å². The Balaban J connectivity index is 4.20. The minimum Gasteiger partial charge on any atom is -0.510 e. The second-order valence-electron chi connectivity index (χ2n) is 3.93. The number of aldehydes is 1. The summed E-state index contributed by atoms with van der Waals surface area (Å²) in [6.45, 7) is 6.18. The minimum absolute atomic E-state index is 0.0568. The molecule has 0 heterocycles. The van der Waals surface area contributed by atoms with Gasteiger partial charge in [-0.2, -0.15) is 0 Å². The second-order valence-corrected chi connectivity index (χ2v) is 3.93. The predicted octanol–water partition coefficient (Wildman–Crippen LogP) is 2.20. The fourth-order valence-corrected chi connectivity index (χ4v) is 1.27. The van der Waals surface area contributed by atoms with E-state index >= 15 is 0 Å². The highest BCUT2D eigenvalue weighted by atomic mass is 16.3. The molecular formula is C13H24N2O2. The highest BCUT2D eigenvalue weighted by Gasteiger charge is 1.99. The molecule has 0 rings (SSSR count). The summed E-state index contributed by atoms with van der Waals surface area (Å²) < 4.78 is 0. The third-order valence-corrected chi connectivity index (χ3v) is 2.47. The summed E-state index contributed by atoms with van der Waals surface area (Å²) in [6, 6.07) is 0. The largest absolute Gasteiger partial charge is 0.510 e. The molecular weight excluding hydrogens is 216 g/mol. The molecule has 2 N–H and O–H groups in total. The zero-order valence-corrected chi connectivity index (χ0v) is 11.1. The lowest BCUT2D eigenvalue weighted by molar-refractivity contribution is -0.107. The lowest BCUT2D eigenvalue weighted by Crippen LogP contribution is -2.21. The number of carbonyl (C=O) groups is 1. The molecule has 17 heavy (non-hydrogen) atoms. The fourth-order valence-electron chi connectivity index (χ4n) is 1.27. The Labute approximate surface area is 104 Å². The normalized spacial score (nSPS) is 12.9. The molecule has 0 amide bonds. The van der Waals surface area contributed by atoms with Crippen LogP contribution >= 0.6 is 0 Å². The van der Waals surface area contributed by atoms with E-state index in [1.807, 2.05) is 0 Å². The molecule has 98 valence electrons. The van der Waals surface area contributed by atoms with Crippen LogP contribution in [0.15, 0.2) is 23.7 Å². The summed E-state index contributed by atoms with van der Waals surface area (Å²) >= 11 is 0. The lowest BCUT2D eigenvalue weighted by atomic mass is 10.2. The Morgan fingerprint density at radius 2 is 2.12 bits per heavy atom. The molecule has 0 fully saturated rings. The van der Waals surface area contributed by atoms with E-state index < -0.39 is 0 Å². The molecule has 0 aliphatic heterocycles. The van der Waals surface area contributed by atoms with Gasteiger partial charge in [0.05, 0.1) is 6.42 Å². The molecule has 0 bridgehead atoms. The number of rotatable bonds is 9. The van der Waals surface area contributed by atoms with Crippen molar-refractivity contribution in [2.24, 2.45) is 0 Å². The standard InChI is InChI=1S/C13H24N2O2/c1-4-6-12(7-9-15(3)5-2)14-11-13(17)8-10-16/h6,10-11,14,17H,4-5,7-9H2,1-3H3/b12-6-,13-11+. The average Bonchev–Trinajstić information content (AvgIpc) is 2.32. The SMILES string of the molecule is CC/C=C(/CCN(C)CC)N/C=C(/O)CC=O. The molecule has 0 aromatic rings. The first-order valence-corrected chi connectivity index (χ1v) is 6.09. The van der Waals surface area contributed by atoms with Crippen molar-refractivity contribution in [3.05, 3.63) is 23.7 Å². The van der Waals surface area contributed by atoms with Gasteiger partial charge in [-0.15, -0.1) is 0 Å². The van der Waals surface area contributed by atoms with Crippen molar-refractivity contribution in [1.29, 1.82) is 0 Å². The van der Waals surface area contributed by atoms with Crippen molar-refractivity contribution in [3.8, 4) is 0 Å². The summed E-state index contributed by atoms with van der Waals surface area (Å²) in [7, 11) is 2.07. The van der Waals surface area contributed by atoms with Crippen molar-refractivity contribution >= 4 is 6.29 Å². The Morgan fingerprint density at radius 1 is 1.41 bits per heavy atom. The number of hydrogen-bond donors (Lipinski definition) is 2. The van der Waals surface area contributed by atoms with E-state index in [2.05, 4.69) is 37.2 Å². The number of aliphatic hydroxyl groups excluding tert-OH is 1. The Morgan fingerprint density at radius 3 is 2.65 bits per heavy atom. The van der Waals surface area contributed by atoms with Crippen molar-refractivity contribution in [2.75, 3.05) is 20.1 Å². The topological polar surface area (TPSA) is 52.6 Å². The summed E-state index contributed by atoms with van der Waals surface area (Å²) in [6.07, 6.45) is 6.17. The maximum absolute atomic E-state index is 10.2. The molecule has 0 saturated carbocycles. The summed E-state index contributed by atoms with van der Waals surface area (Å²) in [5.74, 6) is 0.0610. The molecule has 0 unspecified atom stereocenters. The zero-order chi connectivity index (χ0) is 13.1. The average molecular weight is 240 g/mol. The molecule has 0 radical (unpaired) electrons. The fraction of sp³-hybridized carbons (Fsp3) is 0.615. The number of hydrogen-bond acceptors (Lipinski definition) is 4. The number of nitrogens with one attached hydrogen (secondary N) is 1. The lowest BCUT2D eigenvalue weighted by Gasteiger charge is -2.15. The van der Waals surface area contributed by atoms with Gasteiger partial charge in [-0.3, -0.25) is 0 Å². The summed E-state index contributed by atoms with van der Waals surface area (Å²) in [5, 5.41) is 12.4. The van der Waals surface area contributed by atoms with E-state index in [1.165, 1.54) is 6.20 Å². The van der Waals surface area contributed by atoms with Crippen molar-refractivity contribution in [1.82, 2.24) is 10.2 Å². The van der Waals surface area contributed by atoms with Gasteiger partial charge < -0.3 is 20.1 Å². The van der Waals surface area contributed by atoms with Crippen molar-refractivity contribution in [2.45, 2.75) is 33.1 Å². The third-order valence-electron chi connectivity index (χ3n) is 2.47. The van der Waals surface area contributed by atoms with Crippen LogP contribution in [-0.4, -0.2) is 36.4 Å². The Kier molecular flexibility index (Phi) is 9.15. The molecule has 0 aromatic carbocycles. The summed E-state index contributed by atoms with van der Waals surface area (Å²) in [5.41, 5.74) is 1.07. The quantitative estimate of drug-likeness (QED) is 0.479. The smallest absolute Gasteiger partial charge is 0.127 e. The molecule has 0 aliphatic carbocycles. The molecule has 4 nitrogen and oxygen atoms in total. The predicted molar refractivity (Wildman–Crippen MR) is 70.7 cm³/mol. The van der Waals surface area contributed by atoms with E-state index in [-0.39, 0.29) is 12.2 Å². The monoisotopic (exact) mass is 240 g/mol. The summed E-state index contributed by atoms with van der Waals surface area (Å²) in [4.78, 5) is 12.4. The van der Waals surface area contributed by atoms with Gasteiger partial charge in [-0.05, 0) is 26.4 Å². The minimum atomic E-state index is 0.0568. The van der Waals surface area contributed by atoms with Gasteiger partial charge in [0.2, 0.25) is 0 Å². The van der Waals surface area contributed by atoms with Crippen LogP contribution in [-0.2, 0) is 4.79 Å². The first-order chi connectivity index (χ1) is 8.13. The molecule has 0 atom stereocenters. The molecule has 4 heteroatoms. The van der Waals surface area contributed by atoms with Crippen LogP contribution in [0.4, 0.5) is 0 Å². The van der Waals surface area contributed by atoms with E-state index in [4.69, 9.17) is 0 Å². The highest BCUT2D eigenvalue weighted by molar-refractivity contribution is 5.52. The van der Waals surface area contributed by atoms with Gasteiger partial charge in [0.25, 0.3) is 0 Å². The molecule has 0 saturated heterocycles. The van der Waals surface area contributed by atoms with Crippen LogP contribution < -0.4 is 5.32 Å². The van der Waals surface area contributed by atoms with Gasteiger partial charge in [0.15, 0.2) is 0 Å². The van der Waals surface area contributed by atoms with Gasteiger partial charge in [-0.25, -0.2) is 0 Å². The number of nitrogens with zero attached hydrogens (tertiary/aromatic N) is 1. The first kappa shape index (κ1) is 15.7. The Hall–Kier alpha value is -1.29. The van der Waals surface area contributed by atoms with E-state index in [9.17, 15) is 9.90 Å². The van der Waals surface area contributed by atoms with Crippen LogP contribution in [0.25, 0.3) is 0 Å². The second kappa shape index (κ2) is 9.90. The number of allylic oxidation sites excluding steroid dienone is 2. The molecule has 0 spiro atoms. The highest BCUT2D eigenvalue weighted by Crippen LogP contribution is 2.02. The zero-order valence-electron chi connectivity index (χ0n) is 11.1. The Bertz CT molecular complexity index is 273. The van der Waals surface area contributed by atoms with Gasteiger partial charge in [0, 0.05) is 18.4 Å². The van der Waals surface area contributed by atoms with Gasteiger partial charge in [-0.1, -0.05) is 19.9 Å².